The highest BCUT2D eigenvalue weighted by atomic mass is 32.2. The number of anilines is 1. The van der Waals surface area contributed by atoms with Crippen LogP contribution in [0.2, 0.25) is 0 Å². The second-order valence-corrected chi connectivity index (χ2v) is 8.84. The Balaban J connectivity index is 1.61. The number of rotatable bonds is 7. The van der Waals surface area contributed by atoms with E-state index < -0.39 is 12.0 Å². The molecule has 0 aliphatic carbocycles. The Labute approximate surface area is 203 Å². The van der Waals surface area contributed by atoms with Crippen molar-refractivity contribution in [1.29, 1.82) is 0 Å². The Morgan fingerprint density at radius 2 is 1.82 bits per heavy atom. The largest absolute Gasteiger partial charge is 0.483 e. The summed E-state index contributed by atoms with van der Waals surface area (Å²) >= 11 is 1.49. The van der Waals surface area contributed by atoms with Gasteiger partial charge < -0.3 is 19.7 Å². The van der Waals surface area contributed by atoms with Crippen LogP contribution in [0.4, 0.5) is 5.69 Å². The van der Waals surface area contributed by atoms with Crippen LogP contribution in [0.1, 0.15) is 36.6 Å². The number of carbonyl (C=O) groups excluding carboxylic acids is 2. The summed E-state index contributed by atoms with van der Waals surface area (Å²) in [5, 5.41) is 5.65. The molecular weight excluding hydrogens is 450 g/mol. The van der Waals surface area contributed by atoms with Gasteiger partial charge in [0.05, 0.1) is 23.9 Å². The first-order valence-electron chi connectivity index (χ1n) is 11.1. The van der Waals surface area contributed by atoms with Gasteiger partial charge in [-0.2, -0.15) is 0 Å². The van der Waals surface area contributed by atoms with Gasteiger partial charge in [0.1, 0.15) is 5.75 Å². The topological polar surface area (TPSA) is 80.2 Å². The quantitative estimate of drug-likeness (QED) is 0.560. The fourth-order valence-electron chi connectivity index (χ4n) is 4.04. The summed E-state index contributed by atoms with van der Waals surface area (Å²) in [5.41, 5.74) is 4.58. The number of nitrogens with one attached hydrogen (secondary N) is 1. The number of nitrogens with zero attached hydrogens (tertiary/aromatic N) is 2. The second kappa shape index (κ2) is 10.2. The van der Waals surface area contributed by atoms with Gasteiger partial charge in [0.25, 0.3) is 5.91 Å². The van der Waals surface area contributed by atoms with E-state index in [4.69, 9.17) is 9.47 Å². The number of hydrogen-bond acceptors (Lipinski definition) is 7. The number of thioether (sulfide) groups is 1. The maximum atomic E-state index is 12.9. The first kappa shape index (κ1) is 23.6. The first-order valence-corrected chi connectivity index (χ1v) is 11.9. The number of carbonyl (C=O) groups is 2. The van der Waals surface area contributed by atoms with E-state index >= 15 is 0 Å². The second-order valence-electron chi connectivity index (χ2n) is 7.97. The maximum Gasteiger partial charge on any atom is 0.338 e. The predicted molar refractivity (Wildman–Crippen MR) is 135 cm³/mol. The maximum absolute atomic E-state index is 12.9. The smallest absolute Gasteiger partial charge is 0.338 e. The third-order valence-corrected chi connectivity index (χ3v) is 6.40. The number of aryl methyl sites for hydroxylation is 2. The molecule has 2 aliphatic heterocycles. The van der Waals surface area contributed by atoms with Gasteiger partial charge in [-0.25, -0.2) is 9.79 Å². The molecule has 0 aromatic heterocycles. The van der Waals surface area contributed by atoms with Crippen molar-refractivity contribution in [2.24, 2.45) is 4.99 Å². The molecule has 1 amide bonds. The van der Waals surface area contributed by atoms with Crippen LogP contribution in [0.5, 0.6) is 5.75 Å². The van der Waals surface area contributed by atoms with Crippen LogP contribution in [0, 0.1) is 13.8 Å². The summed E-state index contributed by atoms with van der Waals surface area (Å²) in [4.78, 5) is 32.1. The minimum absolute atomic E-state index is 0.166. The zero-order valence-electron chi connectivity index (χ0n) is 19.6. The lowest BCUT2D eigenvalue weighted by molar-refractivity contribution is -0.139. The molecule has 2 aromatic rings. The van der Waals surface area contributed by atoms with Crippen molar-refractivity contribution in [3.05, 3.63) is 82.0 Å². The molecule has 0 bridgehead atoms. The average molecular weight is 478 g/mol. The predicted octanol–water partition coefficient (Wildman–Crippen LogP) is 5.09. The SMILES string of the molecule is CCOC(=O)C1=C(C)N=C2SC=CN2[C@@H]1c1ccccc1OCC(=O)Nc1c(C)cccc1C. The number of allylic oxidation sites excluding steroid dienone is 1. The van der Waals surface area contributed by atoms with E-state index in [-0.39, 0.29) is 19.1 Å². The Morgan fingerprint density at radius 1 is 1.09 bits per heavy atom. The van der Waals surface area contributed by atoms with Crippen LogP contribution < -0.4 is 10.1 Å². The Morgan fingerprint density at radius 3 is 2.56 bits per heavy atom. The number of benzene rings is 2. The fraction of sp³-hybridized carbons (Fsp3) is 0.269. The third-order valence-electron chi connectivity index (χ3n) is 5.63. The van der Waals surface area contributed by atoms with Crippen molar-refractivity contribution in [3.8, 4) is 5.75 Å². The van der Waals surface area contributed by atoms with Gasteiger partial charge >= 0.3 is 5.97 Å². The number of para-hydroxylation sites is 2. The molecule has 0 spiro atoms. The number of ether oxygens (including phenoxy) is 2. The summed E-state index contributed by atoms with van der Waals surface area (Å²) in [6, 6.07) is 12.8. The molecule has 4 rings (SSSR count). The van der Waals surface area contributed by atoms with Gasteiger partial charge in [-0.15, -0.1) is 0 Å². The van der Waals surface area contributed by atoms with Crippen molar-refractivity contribution in [2.75, 3.05) is 18.5 Å². The van der Waals surface area contributed by atoms with Gasteiger partial charge in [0.15, 0.2) is 11.8 Å². The number of esters is 1. The lowest BCUT2D eigenvalue weighted by Gasteiger charge is -2.34. The van der Waals surface area contributed by atoms with Crippen molar-refractivity contribution in [3.63, 3.8) is 0 Å². The first-order chi connectivity index (χ1) is 16.4. The van der Waals surface area contributed by atoms with E-state index in [1.807, 2.05) is 73.7 Å². The van der Waals surface area contributed by atoms with E-state index in [9.17, 15) is 9.59 Å². The minimum Gasteiger partial charge on any atom is -0.483 e. The number of aliphatic imine (C=N–C) groups is 1. The molecule has 0 fully saturated rings. The number of hydrogen-bond donors (Lipinski definition) is 1. The molecule has 1 atom stereocenters. The zero-order valence-corrected chi connectivity index (χ0v) is 20.4. The summed E-state index contributed by atoms with van der Waals surface area (Å²) in [7, 11) is 0. The molecule has 1 N–H and O–H groups in total. The number of amidine groups is 1. The van der Waals surface area contributed by atoms with Gasteiger partial charge in [0, 0.05) is 17.5 Å². The third kappa shape index (κ3) is 4.72. The molecule has 8 heteroatoms. The lowest BCUT2D eigenvalue weighted by atomic mass is 9.94. The van der Waals surface area contributed by atoms with E-state index in [0.29, 0.717) is 17.0 Å². The summed E-state index contributed by atoms with van der Waals surface area (Å²) < 4.78 is 11.3. The summed E-state index contributed by atoms with van der Waals surface area (Å²) in [6.07, 6.45) is 1.89. The highest BCUT2D eigenvalue weighted by Gasteiger charge is 2.38. The highest BCUT2D eigenvalue weighted by Crippen LogP contribution is 2.43. The normalized spacial score (nSPS) is 16.8. The molecule has 0 saturated heterocycles. The van der Waals surface area contributed by atoms with Crippen molar-refractivity contribution < 1.29 is 19.1 Å². The molecule has 7 nitrogen and oxygen atoms in total. The van der Waals surface area contributed by atoms with Gasteiger partial charge in [-0.05, 0) is 50.3 Å². The Kier molecular flexibility index (Phi) is 7.07. The average Bonchev–Trinajstić information content (AvgIpc) is 3.27. The van der Waals surface area contributed by atoms with Crippen LogP contribution in [-0.4, -0.2) is 35.2 Å². The van der Waals surface area contributed by atoms with Crippen LogP contribution in [-0.2, 0) is 14.3 Å². The van der Waals surface area contributed by atoms with Crippen LogP contribution >= 0.6 is 11.8 Å². The molecule has 2 aromatic carbocycles. The number of fused-ring (bicyclic) bond motifs is 1. The Hall–Kier alpha value is -3.52. The molecule has 0 radical (unpaired) electrons. The molecular formula is C26H27N3O4S. The lowest BCUT2D eigenvalue weighted by Crippen LogP contribution is -2.34. The molecule has 0 unspecified atom stereocenters. The molecule has 2 aliphatic rings. The van der Waals surface area contributed by atoms with Gasteiger partial charge in [0.2, 0.25) is 0 Å². The van der Waals surface area contributed by atoms with E-state index in [1.165, 1.54) is 11.8 Å². The van der Waals surface area contributed by atoms with E-state index in [2.05, 4.69) is 10.3 Å². The summed E-state index contributed by atoms with van der Waals surface area (Å²) in [6.45, 7) is 7.59. The van der Waals surface area contributed by atoms with Crippen molar-refractivity contribution in [1.82, 2.24) is 4.90 Å². The number of amides is 1. The molecule has 176 valence electrons. The van der Waals surface area contributed by atoms with E-state index in [0.717, 1.165) is 27.5 Å². The summed E-state index contributed by atoms with van der Waals surface area (Å²) in [5.74, 6) is -0.155. The van der Waals surface area contributed by atoms with Crippen LogP contribution in [0.25, 0.3) is 0 Å². The van der Waals surface area contributed by atoms with Gasteiger partial charge in [-0.1, -0.05) is 48.2 Å². The van der Waals surface area contributed by atoms with Crippen molar-refractivity contribution >= 4 is 34.5 Å². The Bertz CT molecular complexity index is 1200. The van der Waals surface area contributed by atoms with Gasteiger partial charge in [-0.3, -0.25) is 4.79 Å². The van der Waals surface area contributed by atoms with Crippen LogP contribution in [0.3, 0.4) is 0 Å². The molecule has 0 saturated carbocycles. The minimum atomic E-state index is -0.476. The fourth-order valence-corrected chi connectivity index (χ4v) is 4.84. The van der Waals surface area contributed by atoms with Crippen LogP contribution in [0.15, 0.2) is 70.3 Å². The molecule has 34 heavy (non-hydrogen) atoms. The van der Waals surface area contributed by atoms with Crippen molar-refractivity contribution in [2.45, 2.75) is 33.7 Å². The van der Waals surface area contributed by atoms with E-state index in [1.54, 1.807) is 13.0 Å². The zero-order chi connectivity index (χ0) is 24.2. The standard InChI is InChI=1S/C26H27N3O4S/c1-5-32-25(31)22-18(4)27-26-29(13-14-34-26)24(22)19-11-6-7-12-20(19)33-15-21(30)28-23-16(2)9-8-10-17(23)3/h6-14,24H,5,15H2,1-4H3,(H,28,30)/t24-/m1/s1. The highest BCUT2D eigenvalue weighted by molar-refractivity contribution is 8.16. The molecule has 2 heterocycles. The monoisotopic (exact) mass is 477 g/mol.